The Morgan fingerprint density at radius 1 is 1.21 bits per heavy atom. The van der Waals surface area contributed by atoms with Gasteiger partial charge in [-0.05, 0) is 12.1 Å². The van der Waals surface area contributed by atoms with Gasteiger partial charge >= 0.3 is 0 Å². The highest BCUT2D eigenvalue weighted by Crippen LogP contribution is 2.29. The lowest BCUT2D eigenvalue weighted by atomic mass is 10.1. The number of carbonyl (C=O) groups is 2. The number of rotatable bonds is 1. The van der Waals surface area contributed by atoms with Crippen LogP contribution in [0.3, 0.4) is 0 Å². The van der Waals surface area contributed by atoms with Crippen molar-refractivity contribution in [3.8, 4) is 5.75 Å². The van der Waals surface area contributed by atoms with Gasteiger partial charge in [-0.15, -0.1) is 0 Å². The first-order valence-corrected chi connectivity index (χ1v) is 4.16. The Morgan fingerprint density at radius 2 is 1.93 bits per heavy atom. The van der Waals surface area contributed by atoms with Gasteiger partial charge in [0.25, 0.3) is 11.8 Å². The Hall–Kier alpha value is -1.84. The second kappa shape index (κ2) is 2.83. The quantitative estimate of drug-likeness (QED) is 0.620. The Morgan fingerprint density at radius 3 is 2.57 bits per heavy atom. The van der Waals surface area contributed by atoms with E-state index < -0.39 is 0 Å². The van der Waals surface area contributed by atoms with Crippen LogP contribution in [0.2, 0.25) is 0 Å². The summed E-state index contributed by atoms with van der Waals surface area (Å²) in [5, 5.41) is 0. The van der Waals surface area contributed by atoms with Gasteiger partial charge in [0.2, 0.25) is 0 Å². The molecule has 0 fully saturated rings. The molecule has 1 heterocycles. The first-order valence-electron chi connectivity index (χ1n) is 4.16. The maximum absolute atomic E-state index is 11.6. The second-order valence-corrected chi connectivity index (χ2v) is 3.05. The topological polar surface area (TPSA) is 46.6 Å². The molecule has 4 nitrogen and oxygen atoms in total. The van der Waals surface area contributed by atoms with Crippen LogP contribution < -0.4 is 4.74 Å². The zero-order valence-corrected chi connectivity index (χ0v) is 7.90. The Labute approximate surface area is 81.1 Å². The summed E-state index contributed by atoms with van der Waals surface area (Å²) in [6, 6.07) is 4.99. The van der Waals surface area contributed by atoms with Crippen LogP contribution in [0.5, 0.6) is 5.75 Å². The molecule has 4 heteroatoms. The van der Waals surface area contributed by atoms with Gasteiger partial charge in [-0.25, -0.2) is 0 Å². The molecular weight excluding hydrogens is 182 g/mol. The lowest BCUT2D eigenvalue weighted by molar-refractivity contribution is 0.0692. The number of amides is 2. The van der Waals surface area contributed by atoms with Crippen LogP contribution in [0.25, 0.3) is 0 Å². The number of carbonyl (C=O) groups excluding carboxylic acids is 2. The van der Waals surface area contributed by atoms with E-state index in [0.29, 0.717) is 16.9 Å². The molecule has 0 aliphatic carbocycles. The van der Waals surface area contributed by atoms with Gasteiger partial charge in [0.1, 0.15) is 5.75 Å². The zero-order valence-electron chi connectivity index (χ0n) is 7.90. The van der Waals surface area contributed by atoms with Gasteiger partial charge in [-0.1, -0.05) is 6.07 Å². The van der Waals surface area contributed by atoms with Crippen LogP contribution in [0, 0.1) is 0 Å². The average molecular weight is 191 g/mol. The maximum atomic E-state index is 11.6. The van der Waals surface area contributed by atoms with Gasteiger partial charge in [-0.2, -0.15) is 0 Å². The number of nitrogens with zero attached hydrogens (tertiary/aromatic N) is 1. The van der Waals surface area contributed by atoms with Crippen LogP contribution >= 0.6 is 0 Å². The molecule has 1 aliphatic heterocycles. The summed E-state index contributed by atoms with van der Waals surface area (Å²) in [4.78, 5) is 24.2. The number of imide groups is 1. The first-order chi connectivity index (χ1) is 6.66. The number of ether oxygens (including phenoxy) is 1. The molecule has 0 unspecified atom stereocenters. The van der Waals surface area contributed by atoms with Crippen LogP contribution in [0.4, 0.5) is 0 Å². The fourth-order valence-corrected chi connectivity index (χ4v) is 1.54. The fourth-order valence-electron chi connectivity index (χ4n) is 1.54. The van der Waals surface area contributed by atoms with Gasteiger partial charge in [0.05, 0.1) is 18.2 Å². The molecule has 2 amide bonds. The predicted octanol–water partition coefficient (Wildman–Crippen LogP) is 0.921. The molecule has 0 radical (unpaired) electrons. The smallest absolute Gasteiger partial charge is 0.265 e. The van der Waals surface area contributed by atoms with Crippen molar-refractivity contribution < 1.29 is 14.3 Å². The van der Waals surface area contributed by atoms with Gasteiger partial charge in [0, 0.05) is 7.05 Å². The minimum atomic E-state index is -0.303. The molecule has 1 aliphatic rings. The standard InChI is InChI=1S/C10H9NO3/c1-11-9(12)6-4-3-5-7(14-2)8(6)10(11)13/h3-5H,1-2H3. The molecule has 0 bridgehead atoms. The minimum Gasteiger partial charge on any atom is -0.496 e. The van der Waals surface area contributed by atoms with Gasteiger partial charge < -0.3 is 4.74 Å². The molecule has 1 aromatic carbocycles. The summed E-state index contributed by atoms with van der Waals surface area (Å²) in [6.07, 6.45) is 0. The molecule has 0 spiro atoms. The summed E-state index contributed by atoms with van der Waals surface area (Å²) >= 11 is 0. The number of fused-ring (bicyclic) bond motifs is 1. The first kappa shape index (κ1) is 8.74. The number of hydrogen-bond acceptors (Lipinski definition) is 3. The molecule has 0 saturated heterocycles. The van der Waals surface area contributed by atoms with Crippen LogP contribution in [-0.4, -0.2) is 30.9 Å². The summed E-state index contributed by atoms with van der Waals surface area (Å²) in [5.41, 5.74) is 0.777. The van der Waals surface area contributed by atoms with Crippen LogP contribution in [0.15, 0.2) is 18.2 Å². The Balaban J connectivity index is 2.69. The monoisotopic (exact) mass is 191 g/mol. The van der Waals surface area contributed by atoms with Gasteiger partial charge in [-0.3, -0.25) is 14.5 Å². The normalized spacial score (nSPS) is 14.6. The molecule has 0 aromatic heterocycles. The summed E-state index contributed by atoms with van der Waals surface area (Å²) in [6.45, 7) is 0. The lowest BCUT2D eigenvalue weighted by Gasteiger charge is -2.04. The molecule has 0 atom stereocenters. The van der Waals surface area contributed by atoms with Crippen molar-refractivity contribution in [2.24, 2.45) is 0 Å². The molecule has 72 valence electrons. The number of methoxy groups -OCH3 is 1. The van der Waals surface area contributed by atoms with E-state index in [4.69, 9.17) is 4.74 Å². The highest BCUT2D eigenvalue weighted by atomic mass is 16.5. The largest absolute Gasteiger partial charge is 0.496 e. The van der Waals surface area contributed by atoms with E-state index in [1.165, 1.54) is 14.2 Å². The summed E-state index contributed by atoms with van der Waals surface area (Å²) in [5.74, 6) is -0.128. The lowest BCUT2D eigenvalue weighted by Crippen LogP contribution is -2.24. The van der Waals surface area contributed by atoms with E-state index >= 15 is 0 Å². The van der Waals surface area contributed by atoms with Crippen molar-refractivity contribution in [1.29, 1.82) is 0 Å². The van der Waals surface area contributed by atoms with Gasteiger partial charge in [0.15, 0.2) is 0 Å². The molecule has 2 rings (SSSR count). The highest BCUT2D eigenvalue weighted by molar-refractivity contribution is 6.22. The molecule has 1 aromatic rings. The average Bonchev–Trinajstić information content (AvgIpc) is 2.44. The summed E-state index contributed by atoms with van der Waals surface area (Å²) in [7, 11) is 2.94. The summed E-state index contributed by atoms with van der Waals surface area (Å²) < 4.78 is 5.02. The Kier molecular flexibility index (Phi) is 1.77. The van der Waals surface area contributed by atoms with Crippen molar-refractivity contribution in [1.82, 2.24) is 4.90 Å². The highest BCUT2D eigenvalue weighted by Gasteiger charge is 2.35. The number of hydrogen-bond donors (Lipinski definition) is 0. The third-order valence-corrected chi connectivity index (χ3v) is 2.30. The zero-order chi connectivity index (χ0) is 10.3. The number of benzene rings is 1. The van der Waals surface area contributed by atoms with E-state index in [1.54, 1.807) is 18.2 Å². The minimum absolute atomic E-state index is 0.274. The maximum Gasteiger partial charge on any atom is 0.265 e. The van der Waals surface area contributed by atoms with Crippen molar-refractivity contribution >= 4 is 11.8 Å². The third kappa shape index (κ3) is 0.937. The molecule has 0 saturated carbocycles. The molecule has 0 N–H and O–H groups in total. The fraction of sp³-hybridized carbons (Fsp3) is 0.200. The van der Waals surface area contributed by atoms with E-state index in [0.717, 1.165) is 4.90 Å². The van der Waals surface area contributed by atoms with Crippen LogP contribution in [0.1, 0.15) is 20.7 Å². The van der Waals surface area contributed by atoms with Crippen molar-refractivity contribution in [3.63, 3.8) is 0 Å². The van der Waals surface area contributed by atoms with Crippen molar-refractivity contribution in [3.05, 3.63) is 29.3 Å². The third-order valence-electron chi connectivity index (χ3n) is 2.30. The Bertz CT molecular complexity index is 425. The van der Waals surface area contributed by atoms with E-state index in [9.17, 15) is 9.59 Å². The second-order valence-electron chi connectivity index (χ2n) is 3.05. The van der Waals surface area contributed by atoms with E-state index in [-0.39, 0.29) is 11.8 Å². The van der Waals surface area contributed by atoms with Crippen molar-refractivity contribution in [2.45, 2.75) is 0 Å². The van der Waals surface area contributed by atoms with E-state index in [1.807, 2.05) is 0 Å². The predicted molar refractivity (Wildman–Crippen MR) is 49.4 cm³/mol. The van der Waals surface area contributed by atoms with Crippen molar-refractivity contribution in [2.75, 3.05) is 14.2 Å². The SMILES string of the molecule is COc1cccc2c1C(=O)N(C)C2=O. The van der Waals surface area contributed by atoms with Crippen LogP contribution in [-0.2, 0) is 0 Å². The molecular formula is C10H9NO3. The molecule has 14 heavy (non-hydrogen) atoms. The van der Waals surface area contributed by atoms with E-state index in [2.05, 4.69) is 0 Å².